The highest BCUT2D eigenvalue weighted by atomic mass is 16.4. The standard InChI is InChI=1S/C22H14N4O2/c27-22(28)15-6-8-17-18-11-23-12-24-20(18)21(26-19(17)10-15)25-16-7-5-13-3-1-2-4-14(13)9-16/h1-12H,(H,25,26)(H,27,28). The van der Waals surface area contributed by atoms with Crippen LogP contribution in [-0.2, 0) is 0 Å². The number of aromatic carboxylic acids is 1. The molecule has 2 aromatic heterocycles. The van der Waals surface area contributed by atoms with E-state index in [0.29, 0.717) is 16.9 Å². The van der Waals surface area contributed by atoms with Gasteiger partial charge in [0.15, 0.2) is 5.82 Å². The van der Waals surface area contributed by atoms with E-state index in [4.69, 9.17) is 0 Å². The van der Waals surface area contributed by atoms with Gasteiger partial charge >= 0.3 is 5.97 Å². The molecular formula is C22H14N4O2. The number of aromatic nitrogens is 3. The number of carbonyl (C=O) groups is 1. The molecule has 0 atom stereocenters. The summed E-state index contributed by atoms with van der Waals surface area (Å²) in [5.74, 6) is -0.431. The van der Waals surface area contributed by atoms with Crippen molar-refractivity contribution in [2.75, 3.05) is 5.32 Å². The van der Waals surface area contributed by atoms with Crippen LogP contribution in [0, 0.1) is 0 Å². The molecule has 5 rings (SSSR count). The van der Waals surface area contributed by atoms with Crippen LogP contribution in [0.25, 0.3) is 32.6 Å². The molecule has 0 bridgehead atoms. The molecule has 134 valence electrons. The van der Waals surface area contributed by atoms with Crippen LogP contribution in [0.5, 0.6) is 0 Å². The topological polar surface area (TPSA) is 88.0 Å². The van der Waals surface area contributed by atoms with Gasteiger partial charge in [-0.2, -0.15) is 0 Å². The quantitative estimate of drug-likeness (QED) is 0.447. The number of anilines is 2. The van der Waals surface area contributed by atoms with Gasteiger partial charge in [-0.1, -0.05) is 36.4 Å². The average Bonchev–Trinajstić information content (AvgIpc) is 2.73. The van der Waals surface area contributed by atoms with Crippen LogP contribution in [0.1, 0.15) is 10.4 Å². The van der Waals surface area contributed by atoms with E-state index in [2.05, 4.69) is 26.3 Å². The zero-order chi connectivity index (χ0) is 19.1. The summed E-state index contributed by atoms with van der Waals surface area (Å²) in [7, 11) is 0. The molecule has 0 aliphatic carbocycles. The van der Waals surface area contributed by atoms with Gasteiger partial charge in [-0.3, -0.25) is 0 Å². The fourth-order valence-corrected chi connectivity index (χ4v) is 3.36. The molecule has 3 aromatic carbocycles. The Morgan fingerprint density at radius 2 is 1.79 bits per heavy atom. The second kappa shape index (κ2) is 6.28. The Labute approximate surface area is 159 Å². The largest absolute Gasteiger partial charge is 0.478 e. The minimum Gasteiger partial charge on any atom is -0.478 e. The molecule has 0 saturated heterocycles. The van der Waals surface area contributed by atoms with Gasteiger partial charge in [-0.25, -0.2) is 19.7 Å². The Morgan fingerprint density at radius 1 is 0.929 bits per heavy atom. The SMILES string of the molecule is O=C(O)c1ccc2c(c1)nc(Nc1ccc3ccccc3c1)c1ncncc12. The fourth-order valence-electron chi connectivity index (χ4n) is 3.36. The van der Waals surface area contributed by atoms with Crippen LogP contribution in [0.3, 0.4) is 0 Å². The first-order valence-corrected chi connectivity index (χ1v) is 8.72. The lowest BCUT2D eigenvalue weighted by atomic mass is 10.1. The van der Waals surface area contributed by atoms with Crippen LogP contribution < -0.4 is 5.32 Å². The normalized spacial score (nSPS) is 11.1. The number of hydrogen-bond acceptors (Lipinski definition) is 5. The third-order valence-corrected chi connectivity index (χ3v) is 4.72. The number of fused-ring (bicyclic) bond motifs is 4. The lowest BCUT2D eigenvalue weighted by Crippen LogP contribution is -2.00. The first-order valence-electron chi connectivity index (χ1n) is 8.72. The molecule has 0 spiro atoms. The number of pyridine rings is 1. The molecule has 0 radical (unpaired) electrons. The van der Waals surface area contributed by atoms with Gasteiger partial charge in [0.2, 0.25) is 0 Å². The molecule has 0 saturated carbocycles. The first-order chi connectivity index (χ1) is 13.7. The van der Waals surface area contributed by atoms with Gasteiger partial charge in [-0.15, -0.1) is 0 Å². The summed E-state index contributed by atoms with van der Waals surface area (Å²) in [5.41, 5.74) is 2.32. The number of nitrogens with zero attached hydrogens (tertiary/aromatic N) is 3. The Bertz CT molecular complexity index is 1380. The summed E-state index contributed by atoms with van der Waals surface area (Å²) in [4.78, 5) is 24.5. The van der Waals surface area contributed by atoms with Crippen molar-refractivity contribution in [3.63, 3.8) is 0 Å². The zero-order valence-electron chi connectivity index (χ0n) is 14.6. The second-order valence-electron chi connectivity index (χ2n) is 6.47. The van der Waals surface area contributed by atoms with Gasteiger partial charge in [0.25, 0.3) is 0 Å². The maximum Gasteiger partial charge on any atom is 0.335 e. The Kier molecular flexibility index (Phi) is 3.62. The lowest BCUT2D eigenvalue weighted by Gasteiger charge is -2.11. The molecule has 6 nitrogen and oxygen atoms in total. The van der Waals surface area contributed by atoms with Gasteiger partial charge in [0, 0.05) is 22.7 Å². The number of carboxylic acid groups (broad SMARTS) is 1. The molecule has 0 fully saturated rings. The van der Waals surface area contributed by atoms with Crippen molar-refractivity contribution >= 4 is 50.1 Å². The minimum absolute atomic E-state index is 0.188. The average molecular weight is 366 g/mol. The molecule has 2 N–H and O–H groups in total. The second-order valence-corrected chi connectivity index (χ2v) is 6.47. The van der Waals surface area contributed by atoms with E-state index in [1.807, 2.05) is 36.4 Å². The predicted molar refractivity (Wildman–Crippen MR) is 109 cm³/mol. The molecule has 2 heterocycles. The Hall–Kier alpha value is -4.06. The monoisotopic (exact) mass is 366 g/mol. The van der Waals surface area contributed by atoms with Crippen LogP contribution in [0.4, 0.5) is 11.5 Å². The van der Waals surface area contributed by atoms with Crippen molar-refractivity contribution in [1.82, 2.24) is 15.0 Å². The van der Waals surface area contributed by atoms with E-state index in [-0.39, 0.29) is 5.56 Å². The van der Waals surface area contributed by atoms with E-state index in [0.717, 1.165) is 27.2 Å². The van der Waals surface area contributed by atoms with E-state index in [1.54, 1.807) is 24.4 Å². The van der Waals surface area contributed by atoms with Crippen molar-refractivity contribution < 1.29 is 9.90 Å². The van der Waals surface area contributed by atoms with Gasteiger partial charge in [0.1, 0.15) is 11.8 Å². The molecule has 0 aliphatic rings. The van der Waals surface area contributed by atoms with Gasteiger partial charge in [-0.05, 0) is 35.0 Å². The summed E-state index contributed by atoms with van der Waals surface area (Å²) in [6, 6.07) is 19.1. The molecular weight excluding hydrogens is 352 g/mol. The van der Waals surface area contributed by atoms with Crippen LogP contribution in [0.2, 0.25) is 0 Å². The van der Waals surface area contributed by atoms with Crippen molar-refractivity contribution in [1.29, 1.82) is 0 Å². The summed E-state index contributed by atoms with van der Waals surface area (Å²) in [6.07, 6.45) is 3.20. The molecule has 0 aliphatic heterocycles. The number of hydrogen-bond donors (Lipinski definition) is 2. The molecule has 28 heavy (non-hydrogen) atoms. The van der Waals surface area contributed by atoms with Crippen LogP contribution >= 0.6 is 0 Å². The maximum absolute atomic E-state index is 11.3. The van der Waals surface area contributed by atoms with E-state index in [9.17, 15) is 9.90 Å². The number of rotatable bonds is 3. The molecule has 6 heteroatoms. The molecule has 0 amide bonds. The first kappa shape index (κ1) is 16.1. The molecule has 5 aromatic rings. The van der Waals surface area contributed by atoms with Gasteiger partial charge < -0.3 is 10.4 Å². The number of benzene rings is 3. The van der Waals surface area contributed by atoms with Crippen molar-refractivity contribution in [3.05, 3.63) is 78.8 Å². The number of nitrogens with one attached hydrogen (secondary N) is 1. The van der Waals surface area contributed by atoms with Crippen molar-refractivity contribution in [2.45, 2.75) is 0 Å². The van der Waals surface area contributed by atoms with E-state index in [1.165, 1.54) is 6.33 Å². The van der Waals surface area contributed by atoms with Crippen molar-refractivity contribution in [3.8, 4) is 0 Å². The maximum atomic E-state index is 11.3. The van der Waals surface area contributed by atoms with Crippen LogP contribution in [0.15, 0.2) is 73.2 Å². The highest BCUT2D eigenvalue weighted by Gasteiger charge is 2.12. The highest BCUT2D eigenvalue weighted by molar-refractivity contribution is 6.09. The summed E-state index contributed by atoms with van der Waals surface area (Å²) >= 11 is 0. The third kappa shape index (κ3) is 2.68. The highest BCUT2D eigenvalue weighted by Crippen LogP contribution is 2.30. The smallest absolute Gasteiger partial charge is 0.335 e. The predicted octanol–water partition coefficient (Wildman–Crippen LogP) is 4.77. The lowest BCUT2D eigenvalue weighted by molar-refractivity contribution is 0.0697. The van der Waals surface area contributed by atoms with Crippen LogP contribution in [-0.4, -0.2) is 26.0 Å². The van der Waals surface area contributed by atoms with Crippen molar-refractivity contribution in [2.24, 2.45) is 0 Å². The fraction of sp³-hybridized carbons (Fsp3) is 0. The van der Waals surface area contributed by atoms with E-state index >= 15 is 0 Å². The number of carboxylic acids is 1. The Balaban J connectivity index is 1.70. The summed E-state index contributed by atoms with van der Waals surface area (Å²) < 4.78 is 0. The van der Waals surface area contributed by atoms with E-state index < -0.39 is 5.97 Å². The summed E-state index contributed by atoms with van der Waals surface area (Å²) in [5, 5.41) is 16.5. The zero-order valence-corrected chi connectivity index (χ0v) is 14.6. The molecule has 0 unspecified atom stereocenters. The minimum atomic E-state index is -0.989. The summed E-state index contributed by atoms with van der Waals surface area (Å²) in [6.45, 7) is 0. The Morgan fingerprint density at radius 3 is 2.64 bits per heavy atom. The van der Waals surface area contributed by atoms with Gasteiger partial charge in [0.05, 0.1) is 11.1 Å². The third-order valence-electron chi connectivity index (χ3n) is 4.72.